The Kier molecular flexibility index (Phi) is 3.29. The smallest absolute Gasteiger partial charge is 0.269 e. The van der Waals surface area contributed by atoms with Gasteiger partial charge in [0, 0.05) is 24.6 Å². The van der Waals surface area contributed by atoms with Gasteiger partial charge in [-0.3, -0.25) is 9.89 Å². The molecule has 1 aliphatic rings. The molecular weight excluding hydrogens is 270 g/mol. The van der Waals surface area contributed by atoms with Gasteiger partial charge >= 0.3 is 0 Å². The van der Waals surface area contributed by atoms with Crippen LogP contribution in [0.1, 0.15) is 35.1 Å². The third-order valence-corrected chi connectivity index (χ3v) is 4.12. The largest absolute Gasteiger partial charge is 0.384 e. The lowest BCUT2D eigenvalue weighted by Crippen LogP contribution is -2.31. The van der Waals surface area contributed by atoms with Gasteiger partial charge in [0.25, 0.3) is 5.91 Å². The van der Waals surface area contributed by atoms with E-state index in [1.54, 1.807) is 24.2 Å². The van der Waals surface area contributed by atoms with Crippen molar-refractivity contribution in [1.82, 2.24) is 20.0 Å². The molecule has 0 spiro atoms. The maximum absolute atomic E-state index is 11.6. The lowest BCUT2D eigenvalue weighted by molar-refractivity contribution is 0.0799. The number of H-pyrrole nitrogens is 1. The third kappa shape index (κ3) is 2.33. The quantitative estimate of drug-likeness (QED) is 0.871. The number of ether oxygens (including phenoxy) is 1. The highest BCUT2D eigenvalue weighted by Gasteiger charge is 2.35. The molecule has 21 heavy (non-hydrogen) atoms. The zero-order valence-corrected chi connectivity index (χ0v) is 12.2. The van der Waals surface area contributed by atoms with Crippen molar-refractivity contribution in [3.05, 3.63) is 29.3 Å². The summed E-state index contributed by atoms with van der Waals surface area (Å²) >= 11 is 0. The van der Waals surface area contributed by atoms with Crippen LogP contribution in [0.4, 0.5) is 0 Å². The Labute approximate surface area is 122 Å². The van der Waals surface area contributed by atoms with Crippen LogP contribution in [0, 0.1) is 5.41 Å². The van der Waals surface area contributed by atoms with Crippen molar-refractivity contribution in [1.29, 1.82) is 0 Å². The number of amides is 1. The average molecular weight is 289 g/mol. The standard InChI is InChI=1S/C14H19N5O2/c1-14(8-21-2)4-3-10-11(5-14)19(9-6-16-17-7-9)18-12(10)13(15)20/h6-7H,3-5,8H2,1-2H3,(H2,15,20)(H,16,17). The number of fused-ring (bicyclic) bond motifs is 1. The molecule has 3 rings (SSSR count). The van der Waals surface area contributed by atoms with Crippen molar-refractivity contribution in [3.8, 4) is 5.69 Å². The Morgan fingerprint density at radius 3 is 3.05 bits per heavy atom. The number of carbonyl (C=O) groups is 1. The van der Waals surface area contributed by atoms with Gasteiger partial charge in [-0.15, -0.1) is 0 Å². The SMILES string of the molecule is COCC1(C)CCc2c(C(N)=O)nn(-c3cn[nH]c3)c2C1. The fourth-order valence-corrected chi connectivity index (χ4v) is 3.09. The van der Waals surface area contributed by atoms with Crippen LogP contribution < -0.4 is 5.73 Å². The zero-order chi connectivity index (χ0) is 15.0. The van der Waals surface area contributed by atoms with E-state index in [2.05, 4.69) is 22.2 Å². The lowest BCUT2D eigenvalue weighted by atomic mass is 9.75. The molecule has 1 aliphatic carbocycles. The molecule has 0 bridgehead atoms. The normalized spacial score (nSPS) is 21.2. The summed E-state index contributed by atoms with van der Waals surface area (Å²) in [4.78, 5) is 11.6. The van der Waals surface area contributed by atoms with Crippen molar-refractivity contribution < 1.29 is 9.53 Å². The second-order valence-corrected chi connectivity index (χ2v) is 5.93. The number of hydrogen-bond donors (Lipinski definition) is 2. The topological polar surface area (TPSA) is 98.8 Å². The first kappa shape index (κ1) is 13.8. The van der Waals surface area contributed by atoms with E-state index in [1.165, 1.54) is 0 Å². The maximum atomic E-state index is 11.6. The van der Waals surface area contributed by atoms with Crippen molar-refractivity contribution in [3.63, 3.8) is 0 Å². The number of methoxy groups -OCH3 is 1. The van der Waals surface area contributed by atoms with E-state index in [9.17, 15) is 4.79 Å². The first-order valence-corrected chi connectivity index (χ1v) is 6.93. The number of primary amides is 1. The number of aromatic amines is 1. The summed E-state index contributed by atoms with van der Waals surface area (Å²) in [6.07, 6.45) is 5.96. The van der Waals surface area contributed by atoms with Crippen LogP contribution in [-0.2, 0) is 17.6 Å². The van der Waals surface area contributed by atoms with E-state index in [-0.39, 0.29) is 5.41 Å². The second kappa shape index (κ2) is 5.00. The summed E-state index contributed by atoms with van der Waals surface area (Å²) in [5.74, 6) is -0.483. The van der Waals surface area contributed by atoms with E-state index in [0.29, 0.717) is 12.3 Å². The van der Waals surface area contributed by atoms with Gasteiger partial charge < -0.3 is 10.5 Å². The van der Waals surface area contributed by atoms with Crippen LogP contribution in [0.2, 0.25) is 0 Å². The first-order valence-electron chi connectivity index (χ1n) is 6.93. The van der Waals surface area contributed by atoms with Crippen LogP contribution in [0.25, 0.3) is 5.69 Å². The first-order chi connectivity index (χ1) is 10.0. The van der Waals surface area contributed by atoms with Gasteiger partial charge in [0.1, 0.15) is 5.69 Å². The fourth-order valence-electron chi connectivity index (χ4n) is 3.09. The predicted octanol–water partition coefficient (Wildman–Crippen LogP) is 0.836. The number of aromatic nitrogens is 4. The zero-order valence-electron chi connectivity index (χ0n) is 12.2. The maximum Gasteiger partial charge on any atom is 0.269 e. The molecule has 0 aliphatic heterocycles. The molecule has 1 atom stereocenters. The Bertz CT molecular complexity index is 661. The molecule has 7 nitrogen and oxygen atoms in total. The molecule has 0 aromatic carbocycles. The summed E-state index contributed by atoms with van der Waals surface area (Å²) in [5, 5.41) is 11.1. The van der Waals surface area contributed by atoms with Crippen LogP contribution in [0.3, 0.4) is 0 Å². The molecule has 0 saturated heterocycles. The van der Waals surface area contributed by atoms with Gasteiger partial charge in [0.05, 0.1) is 12.8 Å². The molecule has 7 heteroatoms. The second-order valence-electron chi connectivity index (χ2n) is 5.93. The Hall–Kier alpha value is -2.15. The minimum absolute atomic E-state index is 0.0399. The Balaban J connectivity index is 2.09. The highest BCUT2D eigenvalue weighted by Crippen LogP contribution is 2.37. The van der Waals surface area contributed by atoms with Crippen molar-refractivity contribution in [2.75, 3.05) is 13.7 Å². The molecule has 2 aromatic rings. The molecule has 2 aromatic heterocycles. The van der Waals surface area contributed by atoms with E-state index < -0.39 is 5.91 Å². The fraction of sp³-hybridized carbons (Fsp3) is 0.500. The van der Waals surface area contributed by atoms with Crippen molar-refractivity contribution >= 4 is 5.91 Å². The minimum Gasteiger partial charge on any atom is -0.384 e. The van der Waals surface area contributed by atoms with Crippen molar-refractivity contribution in [2.24, 2.45) is 11.1 Å². The van der Waals surface area contributed by atoms with Gasteiger partial charge in [-0.05, 0) is 24.7 Å². The summed E-state index contributed by atoms with van der Waals surface area (Å²) in [7, 11) is 1.71. The number of nitrogens with two attached hydrogens (primary N) is 1. The minimum atomic E-state index is -0.483. The van der Waals surface area contributed by atoms with Crippen molar-refractivity contribution in [2.45, 2.75) is 26.2 Å². The van der Waals surface area contributed by atoms with Gasteiger partial charge in [0.2, 0.25) is 0 Å². The Morgan fingerprint density at radius 2 is 2.43 bits per heavy atom. The summed E-state index contributed by atoms with van der Waals surface area (Å²) in [6.45, 7) is 2.87. The summed E-state index contributed by atoms with van der Waals surface area (Å²) in [5.41, 5.74) is 8.66. The van der Waals surface area contributed by atoms with E-state index >= 15 is 0 Å². The Morgan fingerprint density at radius 1 is 1.62 bits per heavy atom. The van der Waals surface area contributed by atoms with E-state index in [4.69, 9.17) is 10.5 Å². The number of carbonyl (C=O) groups excluding carboxylic acids is 1. The third-order valence-electron chi connectivity index (χ3n) is 4.12. The van der Waals surface area contributed by atoms with Crippen LogP contribution in [0.5, 0.6) is 0 Å². The molecule has 1 amide bonds. The summed E-state index contributed by atoms with van der Waals surface area (Å²) in [6, 6.07) is 0. The van der Waals surface area contributed by atoms with Gasteiger partial charge in [-0.1, -0.05) is 6.92 Å². The van der Waals surface area contributed by atoms with E-state index in [0.717, 1.165) is 36.2 Å². The molecule has 2 heterocycles. The van der Waals surface area contributed by atoms with Crippen LogP contribution in [0.15, 0.2) is 12.4 Å². The highest BCUT2D eigenvalue weighted by atomic mass is 16.5. The summed E-state index contributed by atoms with van der Waals surface area (Å²) < 4.78 is 7.11. The van der Waals surface area contributed by atoms with E-state index in [1.807, 2.05) is 0 Å². The average Bonchev–Trinajstić information content (AvgIpc) is 3.04. The van der Waals surface area contributed by atoms with Gasteiger partial charge in [-0.25, -0.2) is 4.68 Å². The van der Waals surface area contributed by atoms with Crippen LogP contribution >= 0.6 is 0 Å². The lowest BCUT2D eigenvalue weighted by Gasteiger charge is -2.33. The van der Waals surface area contributed by atoms with Gasteiger partial charge in [-0.2, -0.15) is 10.2 Å². The van der Waals surface area contributed by atoms with Crippen LogP contribution in [-0.4, -0.2) is 39.6 Å². The molecule has 0 radical (unpaired) electrons. The molecule has 112 valence electrons. The molecule has 3 N–H and O–H groups in total. The number of rotatable bonds is 4. The molecule has 0 fully saturated rings. The highest BCUT2D eigenvalue weighted by molar-refractivity contribution is 5.92. The number of nitrogens with zero attached hydrogens (tertiary/aromatic N) is 3. The number of hydrogen-bond acceptors (Lipinski definition) is 4. The molecular formula is C14H19N5O2. The predicted molar refractivity (Wildman–Crippen MR) is 76.2 cm³/mol. The molecule has 0 saturated carbocycles. The monoisotopic (exact) mass is 289 g/mol. The molecule has 1 unspecified atom stereocenters. The van der Waals surface area contributed by atoms with Gasteiger partial charge in [0.15, 0.2) is 5.69 Å². The number of nitrogens with one attached hydrogen (secondary N) is 1.